The van der Waals surface area contributed by atoms with Crippen molar-refractivity contribution in [3.8, 4) is 5.75 Å². The van der Waals surface area contributed by atoms with E-state index in [1.165, 1.54) is 5.56 Å². The fourth-order valence-corrected chi connectivity index (χ4v) is 3.35. The van der Waals surface area contributed by atoms with E-state index >= 15 is 0 Å². The minimum Gasteiger partial charge on any atom is -0.491 e. The molecule has 0 amide bonds. The maximum Gasteiger partial charge on any atom is 0.147 e. The Kier molecular flexibility index (Phi) is 7.59. The van der Waals surface area contributed by atoms with Gasteiger partial charge in [0.2, 0.25) is 0 Å². The molecule has 0 atom stereocenters. The Morgan fingerprint density at radius 2 is 1.94 bits per heavy atom. The Morgan fingerprint density at radius 1 is 1.29 bits per heavy atom. The number of hydrogen-bond donors (Lipinski definition) is 1. The van der Waals surface area contributed by atoms with Gasteiger partial charge in [0.1, 0.15) is 5.75 Å². The Morgan fingerprint density at radius 3 is 2.47 bits per heavy atom. The van der Waals surface area contributed by atoms with Gasteiger partial charge in [0, 0.05) is 6.54 Å². The summed E-state index contributed by atoms with van der Waals surface area (Å²) in [7, 11) is 1.94. The molecule has 0 aromatic heterocycles. The zero-order valence-corrected chi connectivity index (χ0v) is 14.0. The van der Waals surface area contributed by atoms with Crippen LogP contribution in [0.15, 0.2) is 21.1 Å². The number of halogens is 2. The topological polar surface area (TPSA) is 21.3 Å². The lowest BCUT2D eigenvalue weighted by Gasteiger charge is -2.12. The lowest BCUT2D eigenvalue weighted by molar-refractivity contribution is 0.314. The predicted octanol–water partition coefficient (Wildman–Crippen LogP) is 4.06. The van der Waals surface area contributed by atoms with E-state index in [2.05, 4.69) is 55.6 Å². The van der Waals surface area contributed by atoms with E-state index < -0.39 is 0 Å². The summed E-state index contributed by atoms with van der Waals surface area (Å²) < 4.78 is 7.78. The second-order valence-electron chi connectivity index (χ2n) is 3.61. The second kappa shape index (κ2) is 8.40. The molecule has 1 rings (SSSR count). The van der Waals surface area contributed by atoms with E-state index in [9.17, 15) is 0 Å². The molecule has 0 heterocycles. The van der Waals surface area contributed by atoms with Crippen LogP contribution in [-0.2, 0) is 6.54 Å². The molecule has 0 bridgehead atoms. The third kappa shape index (κ3) is 5.20. The minimum absolute atomic E-state index is 0.753. The first-order valence-corrected chi connectivity index (χ1v) is 8.41. The molecule has 0 aliphatic rings. The maximum absolute atomic E-state index is 5.78. The summed E-state index contributed by atoms with van der Waals surface area (Å²) in [5, 5.41) is 3.13. The summed E-state index contributed by atoms with van der Waals surface area (Å²) >= 11 is 8.94. The van der Waals surface area contributed by atoms with E-state index in [-0.39, 0.29) is 0 Å². The standard InChI is InChI=1S/C12H17Br2NOS/c1-15-8-9-6-10(13)12(11(14)7-9)16-4-3-5-17-2/h6-7,15H,3-5,8H2,1-2H3. The Bertz CT molecular complexity index is 337. The molecule has 0 saturated carbocycles. The van der Waals surface area contributed by atoms with Crippen LogP contribution >= 0.6 is 43.6 Å². The van der Waals surface area contributed by atoms with Gasteiger partial charge in [-0.05, 0) is 75.0 Å². The van der Waals surface area contributed by atoms with Crippen molar-refractivity contribution in [2.45, 2.75) is 13.0 Å². The average molecular weight is 383 g/mol. The number of hydrogen-bond acceptors (Lipinski definition) is 3. The quantitative estimate of drug-likeness (QED) is 0.718. The molecule has 0 aliphatic carbocycles. The van der Waals surface area contributed by atoms with Crippen LogP contribution in [-0.4, -0.2) is 25.7 Å². The lowest BCUT2D eigenvalue weighted by Crippen LogP contribution is -2.06. The highest BCUT2D eigenvalue weighted by Crippen LogP contribution is 2.34. The van der Waals surface area contributed by atoms with Gasteiger partial charge in [-0.1, -0.05) is 0 Å². The highest BCUT2D eigenvalue weighted by molar-refractivity contribution is 9.11. The fraction of sp³-hybridized carbons (Fsp3) is 0.500. The van der Waals surface area contributed by atoms with Gasteiger partial charge >= 0.3 is 0 Å². The van der Waals surface area contributed by atoms with Crippen molar-refractivity contribution in [3.05, 3.63) is 26.6 Å². The molecule has 0 spiro atoms. The van der Waals surface area contributed by atoms with Crippen LogP contribution in [0.5, 0.6) is 5.75 Å². The van der Waals surface area contributed by atoms with E-state index in [4.69, 9.17) is 4.74 Å². The molecule has 0 radical (unpaired) electrons. The van der Waals surface area contributed by atoms with Gasteiger partial charge in [-0.2, -0.15) is 11.8 Å². The first-order chi connectivity index (χ1) is 8.19. The maximum atomic E-state index is 5.78. The van der Waals surface area contributed by atoms with Crippen LogP contribution < -0.4 is 10.1 Å². The number of benzene rings is 1. The van der Waals surface area contributed by atoms with Gasteiger partial charge in [0.05, 0.1) is 15.6 Å². The molecule has 0 fully saturated rings. The molecule has 17 heavy (non-hydrogen) atoms. The van der Waals surface area contributed by atoms with Crippen molar-refractivity contribution in [2.75, 3.05) is 25.7 Å². The zero-order valence-electron chi connectivity index (χ0n) is 10.1. The monoisotopic (exact) mass is 381 g/mol. The van der Waals surface area contributed by atoms with E-state index in [0.717, 1.165) is 40.0 Å². The molecule has 96 valence electrons. The van der Waals surface area contributed by atoms with Gasteiger partial charge < -0.3 is 10.1 Å². The summed E-state index contributed by atoms with van der Waals surface area (Å²) in [6, 6.07) is 4.18. The third-order valence-electron chi connectivity index (χ3n) is 2.18. The Labute approximate surface area is 124 Å². The van der Waals surface area contributed by atoms with Crippen molar-refractivity contribution >= 4 is 43.6 Å². The van der Waals surface area contributed by atoms with Crippen LogP contribution in [0.3, 0.4) is 0 Å². The van der Waals surface area contributed by atoms with Crippen molar-refractivity contribution in [1.29, 1.82) is 0 Å². The van der Waals surface area contributed by atoms with Crippen molar-refractivity contribution in [3.63, 3.8) is 0 Å². The Balaban J connectivity index is 2.65. The van der Waals surface area contributed by atoms with E-state index in [1.807, 2.05) is 18.8 Å². The van der Waals surface area contributed by atoms with Crippen molar-refractivity contribution < 1.29 is 4.74 Å². The van der Waals surface area contributed by atoms with E-state index in [1.54, 1.807) is 0 Å². The van der Waals surface area contributed by atoms with Gasteiger partial charge in [-0.25, -0.2) is 0 Å². The summed E-state index contributed by atoms with van der Waals surface area (Å²) in [6.45, 7) is 1.60. The highest BCUT2D eigenvalue weighted by Gasteiger charge is 2.08. The molecule has 1 aromatic rings. The highest BCUT2D eigenvalue weighted by atomic mass is 79.9. The molecular formula is C12H17Br2NOS. The molecule has 0 saturated heterocycles. The van der Waals surface area contributed by atoms with Crippen LogP contribution in [0.4, 0.5) is 0 Å². The molecule has 0 unspecified atom stereocenters. The summed E-state index contributed by atoms with van der Waals surface area (Å²) in [6.07, 6.45) is 3.18. The van der Waals surface area contributed by atoms with Gasteiger partial charge in [-0.15, -0.1) is 0 Å². The number of ether oxygens (including phenoxy) is 1. The molecule has 2 nitrogen and oxygen atoms in total. The normalized spacial score (nSPS) is 10.6. The molecule has 5 heteroatoms. The first-order valence-electron chi connectivity index (χ1n) is 5.43. The summed E-state index contributed by atoms with van der Waals surface area (Å²) in [5.41, 5.74) is 1.22. The van der Waals surface area contributed by atoms with Crippen LogP contribution in [0.25, 0.3) is 0 Å². The number of thioether (sulfide) groups is 1. The van der Waals surface area contributed by atoms with Crippen LogP contribution in [0, 0.1) is 0 Å². The number of rotatable bonds is 7. The molecule has 1 N–H and O–H groups in total. The van der Waals surface area contributed by atoms with Crippen LogP contribution in [0.1, 0.15) is 12.0 Å². The minimum atomic E-state index is 0.753. The lowest BCUT2D eigenvalue weighted by atomic mass is 10.2. The third-order valence-corrected chi connectivity index (χ3v) is 4.05. The van der Waals surface area contributed by atoms with E-state index in [0.29, 0.717) is 0 Å². The smallest absolute Gasteiger partial charge is 0.147 e. The van der Waals surface area contributed by atoms with Crippen molar-refractivity contribution in [1.82, 2.24) is 5.32 Å². The largest absolute Gasteiger partial charge is 0.491 e. The SMILES string of the molecule is CNCc1cc(Br)c(OCCCSC)c(Br)c1. The zero-order chi connectivity index (χ0) is 12.7. The molecule has 0 aliphatic heterocycles. The summed E-state index contributed by atoms with van der Waals surface area (Å²) in [4.78, 5) is 0. The van der Waals surface area contributed by atoms with Crippen molar-refractivity contribution in [2.24, 2.45) is 0 Å². The fourth-order valence-electron chi connectivity index (χ4n) is 1.43. The van der Waals surface area contributed by atoms with Gasteiger partial charge in [0.25, 0.3) is 0 Å². The first kappa shape index (κ1) is 15.3. The molecular weight excluding hydrogens is 366 g/mol. The summed E-state index contributed by atoms with van der Waals surface area (Å²) in [5.74, 6) is 2.03. The average Bonchev–Trinajstić information content (AvgIpc) is 2.27. The molecule has 1 aromatic carbocycles. The predicted molar refractivity (Wildman–Crippen MR) is 83.1 cm³/mol. The van der Waals surface area contributed by atoms with Gasteiger partial charge in [-0.3, -0.25) is 0 Å². The van der Waals surface area contributed by atoms with Crippen LogP contribution in [0.2, 0.25) is 0 Å². The number of nitrogens with one attached hydrogen (secondary N) is 1. The Hall–Kier alpha value is 0.290. The van der Waals surface area contributed by atoms with Gasteiger partial charge in [0.15, 0.2) is 0 Å². The second-order valence-corrected chi connectivity index (χ2v) is 6.31.